The average molecular weight is 289 g/mol. The van der Waals surface area contributed by atoms with E-state index in [4.69, 9.17) is 5.73 Å². The van der Waals surface area contributed by atoms with Crippen molar-refractivity contribution in [2.45, 2.75) is 13.8 Å². The van der Waals surface area contributed by atoms with E-state index < -0.39 is 5.41 Å². The van der Waals surface area contributed by atoms with Crippen LogP contribution in [0.2, 0.25) is 0 Å². The molecule has 0 aromatic heterocycles. The summed E-state index contributed by atoms with van der Waals surface area (Å²) in [6, 6.07) is 4.31. The first kappa shape index (κ1) is 13.1. The molecule has 0 aliphatic carbocycles. The minimum absolute atomic E-state index is 0.187. The van der Waals surface area contributed by atoms with Crippen LogP contribution < -0.4 is 11.1 Å². The van der Waals surface area contributed by atoms with Crippen molar-refractivity contribution in [3.8, 4) is 0 Å². The third-order valence-corrected chi connectivity index (χ3v) is 2.91. The molecule has 1 amide bonds. The lowest BCUT2D eigenvalue weighted by atomic mass is 9.92. The second-order valence-electron chi connectivity index (χ2n) is 4.17. The van der Waals surface area contributed by atoms with Crippen LogP contribution in [0.3, 0.4) is 0 Å². The molecular weight excluding hydrogens is 275 g/mol. The van der Waals surface area contributed by atoms with Gasteiger partial charge < -0.3 is 11.1 Å². The van der Waals surface area contributed by atoms with Gasteiger partial charge in [-0.25, -0.2) is 4.39 Å². The van der Waals surface area contributed by atoms with Crippen LogP contribution in [0.25, 0.3) is 0 Å². The Morgan fingerprint density at radius 3 is 2.69 bits per heavy atom. The van der Waals surface area contributed by atoms with Crippen molar-refractivity contribution >= 4 is 27.5 Å². The normalized spacial score (nSPS) is 11.3. The predicted octanol–water partition coefficient (Wildman–Crippen LogP) is 2.51. The zero-order valence-electron chi connectivity index (χ0n) is 9.18. The van der Waals surface area contributed by atoms with E-state index in [1.165, 1.54) is 18.2 Å². The monoisotopic (exact) mass is 288 g/mol. The molecule has 0 aliphatic rings. The molecular formula is C11H14BrFN2O. The molecule has 0 atom stereocenters. The summed E-state index contributed by atoms with van der Waals surface area (Å²) in [6.07, 6.45) is 0. The van der Waals surface area contributed by atoms with Gasteiger partial charge in [-0.05, 0) is 48.0 Å². The van der Waals surface area contributed by atoms with Crippen LogP contribution in [0.5, 0.6) is 0 Å². The first-order valence-electron chi connectivity index (χ1n) is 4.83. The fourth-order valence-electron chi connectivity index (χ4n) is 0.967. The lowest BCUT2D eigenvalue weighted by Crippen LogP contribution is -2.37. The topological polar surface area (TPSA) is 55.1 Å². The number of benzene rings is 1. The smallest absolute Gasteiger partial charge is 0.231 e. The highest BCUT2D eigenvalue weighted by atomic mass is 79.9. The van der Waals surface area contributed by atoms with Crippen LogP contribution in [0.1, 0.15) is 13.8 Å². The summed E-state index contributed by atoms with van der Waals surface area (Å²) in [6.45, 7) is 3.75. The molecule has 16 heavy (non-hydrogen) atoms. The summed E-state index contributed by atoms with van der Waals surface area (Å²) in [7, 11) is 0. The quantitative estimate of drug-likeness (QED) is 0.898. The van der Waals surface area contributed by atoms with Gasteiger partial charge >= 0.3 is 0 Å². The minimum Gasteiger partial charge on any atom is -0.329 e. The maximum absolute atomic E-state index is 13.0. The van der Waals surface area contributed by atoms with Gasteiger partial charge in [-0.1, -0.05) is 0 Å². The lowest BCUT2D eigenvalue weighted by Gasteiger charge is -2.21. The summed E-state index contributed by atoms with van der Waals surface area (Å²) >= 11 is 3.05. The standard InChI is InChI=1S/C11H14BrFN2O/c1-11(2,6-14)10(16)15-7-3-4-9(13)8(12)5-7/h3-5H,6,14H2,1-2H3,(H,15,16). The Morgan fingerprint density at radius 2 is 2.19 bits per heavy atom. The van der Waals surface area contributed by atoms with E-state index in [9.17, 15) is 9.18 Å². The van der Waals surface area contributed by atoms with Crippen LogP contribution in [0.4, 0.5) is 10.1 Å². The number of hydrogen-bond acceptors (Lipinski definition) is 2. The number of rotatable bonds is 3. The van der Waals surface area contributed by atoms with Crippen molar-refractivity contribution in [2.24, 2.45) is 11.1 Å². The largest absolute Gasteiger partial charge is 0.329 e. The van der Waals surface area contributed by atoms with Crippen LogP contribution in [0, 0.1) is 11.2 Å². The Kier molecular flexibility index (Phi) is 4.04. The Balaban J connectivity index is 2.82. The molecule has 0 bridgehead atoms. The van der Waals surface area contributed by atoms with Crippen molar-refractivity contribution in [3.05, 3.63) is 28.5 Å². The van der Waals surface area contributed by atoms with Gasteiger partial charge in [0.25, 0.3) is 0 Å². The van der Waals surface area contributed by atoms with Gasteiger partial charge in [0.2, 0.25) is 5.91 Å². The first-order valence-corrected chi connectivity index (χ1v) is 5.62. The van der Waals surface area contributed by atoms with Gasteiger partial charge in [0.1, 0.15) is 5.82 Å². The highest BCUT2D eigenvalue weighted by molar-refractivity contribution is 9.10. The molecule has 0 aliphatic heterocycles. The molecule has 0 fully saturated rings. The van der Waals surface area contributed by atoms with Crippen molar-refractivity contribution in [1.82, 2.24) is 0 Å². The Morgan fingerprint density at radius 1 is 1.56 bits per heavy atom. The molecule has 0 saturated heterocycles. The van der Waals surface area contributed by atoms with Gasteiger partial charge in [0.05, 0.1) is 9.89 Å². The third-order valence-electron chi connectivity index (χ3n) is 2.30. The van der Waals surface area contributed by atoms with Gasteiger partial charge in [0, 0.05) is 12.2 Å². The highest BCUT2D eigenvalue weighted by Crippen LogP contribution is 2.22. The molecule has 1 aromatic carbocycles. The Bertz CT molecular complexity index is 407. The maximum Gasteiger partial charge on any atom is 0.231 e. The van der Waals surface area contributed by atoms with Gasteiger partial charge in [-0.2, -0.15) is 0 Å². The van der Waals surface area contributed by atoms with Gasteiger partial charge in [-0.3, -0.25) is 4.79 Å². The SMILES string of the molecule is CC(C)(CN)C(=O)Nc1ccc(F)c(Br)c1. The number of anilines is 1. The van der Waals surface area contributed by atoms with Gasteiger partial charge in [0.15, 0.2) is 0 Å². The molecule has 0 heterocycles. The van der Waals surface area contributed by atoms with Crippen LogP contribution in [-0.2, 0) is 4.79 Å². The lowest BCUT2D eigenvalue weighted by molar-refractivity contribution is -0.123. The van der Waals surface area contributed by atoms with Crippen molar-refractivity contribution in [3.63, 3.8) is 0 Å². The van der Waals surface area contributed by atoms with Crippen molar-refractivity contribution in [1.29, 1.82) is 0 Å². The third kappa shape index (κ3) is 3.02. The second kappa shape index (κ2) is 4.93. The highest BCUT2D eigenvalue weighted by Gasteiger charge is 2.25. The maximum atomic E-state index is 13.0. The Labute approximate surface area is 102 Å². The molecule has 0 unspecified atom stereocenters. The zero-order chi connectivity index (χ0) is 12.3. The Hall–Kier alpha value is -0.940. The van der Waals surface area contributed by atoms with E-state index >= 15 is 0 Å². The molecule has 0 radical (unpaired) electrons. The summed E-state index contributed by atoms with van der Waals surface area (Å²) in [5.74, 6) is -0.551. The molecule has 1 rings (SSSR count). The number of hydrogen-bond donors (Lipinski definition) is 2. The summed E-state index contributed by atoms with van der Waals surface area (Å²) < 4.78 is 13.3. The molecule has 5 heteroatoms. The molecule has 1 aromatic rings. The fraction of sp³-hybridized carbons (Fsp3) is 0.364. The van der Waals surface area contributed by atoms with E-state index in [1.807, 2.05) is 0 Å². The van der Waals surface area contributed by atoms with Crippen molar-refractivity contribution in [2.75, 3.05) is 11.9 Å². The van der Waals surface area contributed by atoms with E-state index in [2.05, 4.69) is 21.2 Å². The molecule has 88 valence electrons. The van der Waals surface area contributed by atoms with Crippen LogP contribution >= 0.6 is 15.9 Å². The first-order chi connectivity index (χ1) is 7.36. The summed E-state index contributed by atoms with van der Waals surface area (Å²) in [5.41, 5.74) is 5.39. The molecule has 0 saturated carbocycles. The number of amides is 1. The minimum atomic E-state index is -0.638. The van der Waals surface area contributed by atoms with E-state index in [-0.39, 0.29) is 18.3 Å². The van der Waals surface area contributed by atoms with E-state index in [0.29, 0.717) is 10.2 Å². The number of nitrogens with two attached hydrogens (primary N) is 1. The van der Waals surface area contributed by atoms with Crippen LogP contribution in [-0.4, -0.2) is 12.5 Å². The summed E-state index contributed by atoms with van der Waals surface area (Å²) in [5, 5.41) is 2.69. The van der Waals surface area contributed by atoms with Crippen molar-refractivity contribution < 1.29 is 9.18 Å². The second-order valence-corrected chi connectivity index (χ2v) is 5.03. The molecule has 3 N–H and O–H groups in total. The number of nitrogens with one attached hydrogen (secondary N) is 1. The molecule has 0 spiro atoms. The van der Waals surface area contributed by atoms with E-state index in [0.717, 1.165) is 0 Å². The van der Waals surface area contributed by atoms with Crippen LogP contribution in [0.15, 0.2) is 22.7 Å². The fourth-order valence-corrected chi connectivity index (χ4v) is 1.35. The zero-order valence-corrected chi connectivity index (χ0v) is 10.8. The number of carbonyl (C=O) groups excluding carboxylic acids is 1. The van der Waals surface area contributed by atoms with Gasteiger partial charge in [-0.15, -0.1) is 0 Å². The number of halogens is 2. The summed E-state index contributed by atoms with van der Waals surface area (Å²) in [4.78, 5) is 11.8. The number of carbonyl (C=O) groups is 1. The molecule has 3 nitrogen and oxygen atoms in total. The average Bonchev–Trinajstić information content (AvgIpc) is 2.23. The predicted molar refractivity (Wildman–Crippen MR) is 65.6 cm³/mol. The van der Waals surface area contributed by atoms with E-state index in [1.54, 1.807) is 13.8 Å².